The number of hydrogen-bond acceptors (Lipinski definition) is 4. The number of nitrogens with zero attached hydrogens (tertiary/aromatic N) is 1. The van der Waals surface area contributed by atoms with Gasteiger partial charge in [-0.05, 0) is 17.7 Å². The second-order valence-electron chi connectivity index (χ2n) is 4.59. The van der Waals surface area contributed by atoms with Gasteiger partial charge in [0.15, 0.2) is 0 Å². The number of carbonyl (C=O) groups is 1. The molecule has 1 amide bonds. The van der Waals surface area contributed by atoms with Crippen LogP contribution in [0.5, 0.6) is 0 Å². The minimum atomic E-state index is -3.65. The first kappa shape index (κ1) is 12.4. The summed E-state index contributed by atoms with van der Waals surface area (Å²) in [4.78, 5) is 14.1. The molecular formula is C13H14N2O3S. The predicted molar refractivity (Wildman–Crippen MR) is 71.1 cm³/mol. The van der Waals surface area contributed by atoms with E-state index in [0.29, 0.717) is 31.7 Å². The fourth-order valence-corrected chi connectivity index (χ4v) is 3.96. The van der Waals surface area contributed by atoms with E-state index in [1.807, 2.05) is 0 Å². The average Bonchev–Trinajstić information content (AvgIpc) is 2.71. The zero-order valence-corrected chi connectivity index (χ0v) is 11.1. The lowest BCUT2D eigenvalue weighted by Gasteiger charge is -2.27. The van der Waals surface area contributed by atoms with E-state index in [1.54, 1.807) is 29.2 Å². The minimum Gasteiger partial charge on any atom is -0.335 e. The van der Waals surface area contributed by atoms with Crippen LogP contribution in [0, 0.1) is 0 Å². The number of piperazine rings is 1. The van der Waals surface area contributed by atoms with Crippen LogP contribution in [0.2, 0.25) is 0 Å². The van der Waals surface area contributed by atoms with Gasteiger partial charge in [-0.25, -0.2) is 8.42 Å². The number of hydrogen-bond donors (Lipinski definition) is 1. The summed E-state index contributed by atoms with van der Waals surface area (Å²) in [5, 5.41) is 3.14. The Labute approximate surface area is 111 Å². The third-order valence-corrected chi connectivity index (χ3v) is 5.22. The fourth-order valence-electron chi connectivity index (χ4n) is 2.38. The van der Waals surface area contributed by atoms with Crippen LogP contribution in [0.1, 0.15) is 5.56 Å². The molecule has 3 rings (SSSR count). The van der Waals surface area contributed by atoms with Crippen LogP contribution in [0.3, 0.4) is 0 Å². The summed E-state index contributed by atoms with van der Waals surface area (Å²) >= 11 is 0. The molecule has 5 nitrogen and oxygen atoms in total. The molecule has 1 N–H and O–H groups in total. The van der Waals surface area contributed by atoms with Crippen molar-refractivity contribution in [2.75, 3.05) is 26.2 Å². The summed E-state index contributed by atoms with van der Waals surface area (Å²) in [5.41, 5.74) is 0.598. The van der Waals surface area contributed by atoms with Crippen molar-refractivity contribution in [3.05, 3.63) is 34.7 Å². The average molecular weight is 278 g/mol. The Balaban J connectivity index is 1.97. The normalized spacial score (nSPS) is 20.8. The summed E-state index contributed by atoms with van der Waals surface area (Å²) in [6, 6.07) is 6.69. The Kier molecular flexibility index (Phi) is 2.91. The molecule has 0 unspecified atom stereocenters. The molecule has 2 aliphatic rings. The monoisotopic (exact) mass is 278 g/mol. The number of benzene rings is 1. The van der Waals surface area contributed by atoms with Gasteiger partial charge in [0.2, 0.25) is 9.84 Å². The largest absolute Gasteiger partial charge is 0.335 e. The fraction of sp³-hybridized carbons (Fsp3) is 0.308. The Morgan fingerprint density at radius 1 is 1.16 bits per heavy atom. The summed E-state index contributed by atoms with van der Waals surface area (Å²) in [7, 11) is -3.65. The highest BCUT2D eigenvalue weighted by molar-refractivity contribution is 7.96. The summed E-state index contributed by atoms with van der Waals surface area (Å²) in [6.07, 6.45) is 1.48. The second kappa shape index (κ2) is 4.47. The van der Waals surface area contributed by atoms with Crippen molar-refractivity contribution in [2.24, 2.45) is 0 Å². The zero-order chi connectivity index (χ0) is 13.5. The van der Waals surface area contributed by atoms with Gasteiger partial charge in [-0.3, -0.25) is 4.79 Å². The summed E-state index contributed by atoms with van der Waals surface area (Å²) < 4.78 is 24.7. The molecule has 0 radical (unpaired) electrons. The Bertz CT molecular complexity index is 658. The molecule has 100 valence electrons. The number of nitrogens with one attached hydrogen (secondary N) is 1. The maximum absolute atomic E-state index is 12.3. The molecule has 19 heavy (non-hydrogen) atoms. The van der Waals surface area contributed by atoms with Crippen molar-refractivity contribution in [2.45, 2.75) is 4.90 Å². The van der Waals surface area contributed by atoms with Gasteiger partial charge < -0.3 is 10.2 Å². The molecule has 1 aromatic rings. The van der Waals surface area contributed by atoms with Crippen LogP contribution in [0.15, 0.2) is 34.1 Å². The van der Waals surface area contributed by atoms with Crippen LogP contribution in [-0.2, 0) is 14.6 Å². The van der Waals surface area contributed by atoms with Crippen molar-refractivity contribution in [1.82, 2.24) is 10.2 Å². The van der Waals surface area contributed by atoms with Crippen molar-refractivity contribution < 1.29 is 13.2 Å². The zero-order valence-electron chi connectivity index (χ0n) is 10.3. The van der Waals surface area contributed by atoms with E-state index < -0.39 is 15.7 Å². The molecule has 0 saturated carbocycles. The van der Waals surface area contributed by atoms with Gasteiger partial charge in [0.1, 0.15) is 4.91 Å². The highest BCUT2D eigenvalue weighted by Crippen LogP contribution is 2.33. The quantitative estimate of drug-likeness (QED) is 0.799. The van der Waals surface area contributed by atoms with Gasteiger partial charge in [0.25, 0.3) is 5.91 Å². The van der Waals surface area contributed by atoms with Gasteiger partial charge in [-0.2, -0.15) is 0 Å². The molecular weight excluding hydrogens is 264 g/mol. The molecule has 0 aromatic heterocycles. The smallest absolute Gasteiger partial charge is 0.265 e. The predicted octanol–water partition coefficient (Wildman–Crippen LogP) is 0.247. The standard InChI is InChI=1S/C13H14N2O3S/c16-13(15-7-5-14-6-8-15)12-9-10-3-1-2-4-11(10)19(12,17)18/h1-4,9,14H,5-8H2. The van der Waals surface area contributed by atoms with Crippen molar-refractivity contribution in [3.63, 3.8) is 0 Å². The third kappa shape index (κ3) is 1.97. The van der Waals surface area contributed by atoms with Crippen molar-refractivity contribution in [3.8, 4) is 0 Å². The molecule has 0 aliphatic carbocycles. The van der Waals surface area contributed by atoms with Gasteiger partial charge in [0.05, 0.1) is 4.90 Å². The molecule has 0 atom stereocenters. The molecule has 1 fully saturated rings. The number of carbonyl (C=O) groups excluding carboxylic acids is 1. The molecule has 1 saturated heterocycles. The van der Waals surface area contributed by atoms with Crippen LogP contribution in [0.4, 0.5) is 0 Å². The van der Waals surface area contributed by atoms with E-state index in [9.17, 15) is 13.2 Å². The Morgan fingerprint density at radius 3 is 2.53 bits per heavy atom. The summed E-state index contributed by atoms with van der Waals surface area (Å²) in [6.45, 7) is 2.49. The molecule has 0 spiro atoms. The lowest BCUT2D eigenvalue weighted by Crippen LogP contribution is -2.47. The Hall–Kier alpha value is -1.66. The van der Waals surface area contributed by atoms with Crippen LogP contribution in [0.25, 0.3) is 6.08 Å². The molecule has 2 aliphatic heterocycles. The number of amides is 1. The maximum Gasteiger partial charge on any atom is 0.265 e. The minimum absolute atomic E-state index is 0.101. The third-order valence-electron chi connectivity index (χ3n) is 3.40. The summed E-state index contributed by atoms with van der Waals surface area (Å²) in [5.74, 6) is -0.391. The highest BCUT2D eigenvalue weighted by Gasteiger charge is 2.36. The van der Waals surface area contributed by atoms with E-state index in [0.717, 1.165) is 0 Å². The topological polar surface area (TPSA) is 66.5 Å². The second-order valence-corrected chi connectivity index (χ2v) is 6.48. The lowest BCUT2D eigenvalue weighted by molar-refractivity contribution is -0.126. The molecule has 6 heteroatoms. The first-order valence-electron chi connectivity index (χ1n) is 6.16. The Morgan fingerprint density at radius 2 is 1.84 bits per heavy atom. The lowest BCUT2D eigenvalue weighted by atomic mass is 10.2. The number of fused-ring (bicyclic) bond motifs is 1. The van der Waals surface area contributed by atoms with E-state index in [1.165, 1.54) is 6.08 Å². The van der Waals surface area contributed by atoms with E-state index in [-0.39, 0.29) is 9.80 Å². The number of rotatable bonds is 1. The van der Waals surface area contributed by atoms with Crippen LogP contribution in [-0.4, -0.2) is 45.4 Å². The van der Waals surface area contributed by atoms with Gasteiger partial charge >= 0.3 is 0 Å². The molecule has 2 heterocycles. The van der Waals surface area contributed by atoms with Gasteiger partial charge in [-0.1, -0.05) is 18.2 Å². The first-order valence-corrected chi connectivity index (χ1v) is 7.65. The van der Waals surface area contributed by atoms with Crippen molar-refractivity contribution in [1.29, 1.82) is 0 Å². The van der Waals surface area contributed by atoms with Gasteiger partial charge in [-0.15, -0.1) is 0 Å². The molecule has 0 bridgehead atoms. The SMILES string of the molecule is O=C(C1=Cc2ccccc2S1(=O)=O)N1CCNCC1. The first-order chi connectivity index (χ1) is 9.10. The van der Waals surface area contributed by atoms with Crippen LogP contribution >= 0.6 is 0 Å². The van der Waals surface area contributed by atoms with E-state index in [2.05, 4.69) is 5.32 Å². The number of sulfone groups is 1. The van der Waals surface area contributed by atoms with Gasteiger partial charge in [0, 0.05) is 26.2 Å². The van der Waals surface area contributed by atoms with Crippen LogP contribution < -0.4 is 5.32 Å². The van der Waals surface area contributed by atoms with E-state index >= 15 is 0 Å². The maximum atomic E-state index is 12.3. The highest BCUT2D eigenvalue weighted by atomic mass is 32.2. The van der Waals surface area contributed by atoms with Crippen molar-refractivity contribution >= 4 is 21.8 Å². The van der Waals surface area contributed by atoms with E-state index in [4.69, 9.17) is 0 Å². The molecule has 1 aromatic carbocycles.